The molecule has 0 saturated heterocycles. The van der Waals surface area contributed by atoms with E-state index in [2.05, 4.69) is 10.0 Å². The van der Waals surface area contributed by atoms with E-state index in [4.69, 9.17) is 0 Å². The molecule has 0 aliphatic carbocycles. The summed E-state index contributed by atoms with van der Waals surface area (Å²) in [4.78, 5) is 13.1. The van der Waals surface area contributed by atoms with Gasteiger partial charge in [-0.1, -0.05) is 20.8 Å². The first kappa shape index (κ1) is 17.0. The lowest BCUT2D eigenvalue weighted by Gasteiger charge is -2.14. The van der Waals surface area contributed by atoms with E-state index in [1.165, 1.54) is 11.3 Å². The highest BCUT2D eigenvalue weighted by Gasteiger charge is 2.33. The second-order valence-corrected chi connectivity index (χ2v) is 9.27. The summed E-state index contributed by atoms with van der Waals surface area (Å²) in [5.41, 5.74) is 2.07. The van der Waals surface area contributed by atoms with Crippen LogP contribution < -0.4 is 10.0 Å². The number of fused-ring (bicyclic) bond motifs is 1. The van der Waals surface area contributed by atoms with E-state index in [1.807, 2.05) is 26.8 Å². The van der Waals surface area contributed by atoms with Crippen LogP contribution in [0.2, 0.25) is 0 Å². The number of aryl methyl sites for hydroxylation is 1. The smallest absolute Gasteiger partial charge is 0.271 e. The Labute approximate surface area is 146 Å². The van der Waals surface area contributed by atoms with E-state index in [1.54, 1.807) is 24.3 Å². The van der Waals surface area contributed by atoms with Crippen LogP contribution in [0.15, 0.2) is 34.5 Å². The van der Waals surface area contributed by atoms with Crippen molar-refractivity contribution in [3.63, 3.8) is 0 Å². The van der Waals surface area contributed by atoms with Crippen LogP contribution in [0.25, 0.3) is 0 Å². The van der Waals surface area contributed by atoms with Gasteiger partial charge < -0.3 is 5.32 Å². The van der Waals surface area contributed by atoms with E-state index >= 15 is 0 Å². The summed E-state index contributed by atoms with van der Waals surface area (Å²) < 4.78 is 28.0. The monoisotopic (exact) mass is 364 g/mol. The summed E-state index contributed by atoms with van der Waals surface area (Å²) >= 11 is 1.27. The van der Waals surface area contributed by atoms with Crippen LogP contribution in [0, 0.1) is 5.92 Å². The van der Waals surface area contributed by atoms with E-state index in [0.29, 0.717) is 9.90 Å². The number of anilines is 2. The largest absolute Gasteiger partial charge is 0.325 e. The van der Waals surface area contributed by atoms with Gasteiger partial charge in [0, 0.05) is 16.3 Å². The number of thiophene rings is 1. The average molecular weight is 364 g/mol. The van der Waals surface area contributed by atoms with Crippen LogP contribution >= 0.6 is 11.3 Å². The summed E-state index contributed by atoms with van der Waals surface area (Å²) in [5, 5.41) is 2.85. The van der Waals surface area contributed by atoms with E-state index in [0.717, 1.165) is 22.5 Å². The Kier molecular flexibility index (Phi) is 4.40. The summed E-state index contributed by atoms with van der Waals surface area (Å²) in [7, 11) is -3.61. The zero-order valence-electron chi connectivity index (χ0n) is 13.8. The molecule has 3 rings (SSSR count). The molecule has 128 valence electrons. The maximum Gasteiger partial charge on any atom is 0.271 e. The number of rotatable bonds is 5. The lowest BCUT2D eigenvalue weighted by Crippen LogP contribution is -2.17. The van der Waals surface area contributed by atoms with Crippen molar-refractivity contribution in [2.45, 2.75) is 37.3 Å². The Hall–Kier alpha value is -1.86. The molecule has 1 amide bonds. The van der Waals surface area contributed by atoms with Gasteiger partial charge >= 0.3 is 0 Å². The third-order valence-corrected chi connectivity index (χ3v) is 7.20. The van der Waals surface area contributed by atoms with Crippen LogP contribution in [0.4, 0.5) is 11.4 Å². The number of benzene rings is 1. The molecule has 2 N–H and O–H groups in total. The maximum atomic E-state index is 12.5. The predicted molar refractivity (Wildman–Crippen MR) is 97.2 cm³/mol. The SMILES string of the molecule is CCc1ccc(S(=O)(=O)Nc2ccc3c(c2)C(C(C)C)C(=O)N3)s1. The van der Waals surface area contributed by atoms with Gasteiger partial charge in [0.25, 0.3) is 10.0 Å². The molecule has 1 aliphatic rings. The van der Waals surface area contributed by atoms with Gasteiger partial charge in [-0.05, 0) is 48.2 Å². The third-order valence-electron chi connectivity index (χ3n) is 4.10. The lowest BCUT2D eigenvalue weighted by molar-refractivity contribution is -0.117. The Morgan fingerprint density at radius 2 is 2.00 bits per heavy atom. The Balaban J connectivity index is 1.91. The average Bonchev–Trinajstić information content (AvgIpc) is 3.10. The number of sulfonamides is 1. The molecule has 0 saturated carbocycles. The van der Waals surface area contributed by atoms with Gasteiger partial charge in [0.05, 0.1) is 5.92 Å². The first-order valence-electron chi connectivity index (χ1n) is 7.88. The number of nitrogens with one attached hydrogen (secondary N) is 2. The number of hydrogen-bond acceptors (Lipinski definition) is 4. The second-order valence-electron chi connectivity index (χ2n) is 6.19. The molecule has 1 unspecified atom stereocenters. The van der Waals surface area contributed by atoms with Crippen molar-refractivity contribution in [2.24, 2.45) is 5.92 Å². The molecule has 0 fully saturated rings. The van der Waals surface area contributed by atoms with Crippen LogP contribution in [0.5, 0.6) is 0 Å². The van der Waals surface area contributed by atoms with Gasteiger partial charge in [-0.2, -0.15) is 0 Å². The zero-order valence-corrected chi connectivity index (χ0v) is 15.4. The normalized spacial score (nSPS) is 17.0. The summed E-state index contributed by atoms with van der Waals surface area (Å²) in [6, 6.07) is 8.64. The van der Waals surface area contributed by atoms with E-state index in [9.17, 15) is 13.2 Å². The molecule has 1 aliphatic heterocycles. The summed E-state index contributed by atoms with van der Waals surface area (Å²) in [6.07, 6.45) is 0.808. The molecule has 24 heavy (non-hydrogen) atoms. The molecular formula is C17H20N2O3S2. The molecule has 5 nitrogen and oxygen atoms in total. The molecule has 2 heterocycles. The first-order chi connectivity index (χ1) is 11.3. The van der Waals surface area contributed by atoms with Crippen LogP contribution in [-0.2, 0) is 21.2 Å². The highest BCUT2D eigenvalue weighted by Crippen LogP contribution is 2.39. The molecule has 1 aromatic carbocycles. The van der Waals surface area contributed by atoms with Crippen molar-refractivity contribution in [1.82, 2.24) is 0 Å². The third kappa shape index (κ3) is 3.06. The minimum absolute atomic E-state index is 0.0362. The van der Waals surface area contributed by atoms with Crippen molar-refractivity contribution in [1.29, 1.82) is 0 Å². The minimum Gasteiger partial charge on any atom is -0.325 e. The minimum atomic E-state index is -3.61. The molecular weight excluding hydrogens is 344 g/mol. The van der Waals surface area contributed by atoms with Gasteiger partial charge in [-0.25, -0.2) is 8.42 Å². The number of amides is 1. The lowest BCUT2D eigenvalue weighted by atomic mass is 9.89. The number of carbonyl (C=O) groups excluding carboxylic acids is 1. The van der Waals surface area contributed by atoms with Gasteiger partial charge in [-0.15, -0.1) is 11.3 Å². The zero-order chi connectivity index (χ0) is 17.5. The standard InChI is InChI=1S/C17H20N2O3S2/c1-4-12-6-8-15(23-12)24(21,22)19-11-5-7-14-13(9-11)16(10(2)3)17(20)18-14/h5-10,16,19H,4H2,1-3H3,(H,18,20). The van der Waals surface area contributed by atoms with E-state index in [-0.39, 0.29) is 17.7 Å². The topological polar surface area (TPSA) is 75.3 Å². The van der Waals surface area contributed by atoms with Crippen molar-refractivity contribution in [3.05, 3.63) is 40.8 Å². The fourth-order valence-electron chi connectivity index (χ4n) is 2.91. The van der Waals surface area contributed by atoms with Crippen molar-refractivity contribution in [3.8, 4) is 0 Å². The van der Waals surface area contributed by atoms with E-state index < -0.39 is 10.0 Å². The molecule has 0 bridgehead atoms. The molecule has 7 heteroatoms. The first-order valence-corrected chi connectivity index (χ1v) is 10.2. The van der Waals surface area contributed by atoms with Crippen LogP contribution in [0.3, 0.4) is 0 Å². The highest BCUT2D eigenvalue weighted by molar-refractivity contribution is 7.94. The van der Waals surface area contributed by atoms with Gasteiger partial charge in [0.15, 0.2) is 0 Å². The van der Waals surface area contributed by atoms with Crippen LogP contribution in [-0.4, -0.2) is 14.3 Å². The van der Waals surface area contributed by atoms with Gasteiger partial charge in [-0.3, -0.25) is 9.52 Å². The quantitative estimate of drug-likeness (QED) is 0.847. The Morgan fingerprint density at radius 3 is 2.62 bits per heavy atom. The predicted octanol–water partition coefficient (Wildman–Crippen LogP) is 3.80. The Bertz CT molecular complexity index is 885. The molecule has 1 aromatic heterocycles. The Morgan fingerprint density at radius 1 is 1.25 bits per heavy atom. The van der Waals surface area contributed by atoms with Crippen molar-refractivity contribution < 1.29 is 13.2 Å². The van der Waals surface area contributed by atoms with Crippen molar-refractivity contribution >= 4 is 38.6 Å². The number of hydrogen-bond donors (Lipinski definition) is 2. The molecule has 1 atom stereocenters. The fourth-order valence-corrected chi connectivity index (χ4v) is 5.25. The molecule has 0 spiro atoms. The van der Waals surface area contributed by atoms with Crippen LogP contribution in [0.1, 0.15) is 37.1 Å². The maximum absolute atomic E-state index is 12.5. The summed E-state index contributed by atoms with van der Waals surface area (Å²) in [5.74, 6) is -0.147. The molecule has 2 aromatic rings. The highest BCUT2D eigenvalue weighted by atomic mass is 32.2. The number of carbonyl (C=O) groups is 1. The fraction of sp³-hybridized carbons (Fsp3) is 0.353. The van der Waals surface area contributed by atoms with Crippen molar-refractivity contribution in [2.75, 3.05) is 10.0 Å². The summed E-state index contributed by atoms with van der Waals surface area (Å²) in [6.45, 7) is 5.95. The van der Waals surface area contributed by atoms with Gasteiger partial charge in [0.1, 0.15) is 4.21 Å². The van der Waals surface area contributed by atoms with Gasteiger partial charge in [0.2, 0.25) is 5.91 Å². The second kappa shape index (κ2) is 6.22. The molecule has 0 radical (unpaired) electrons.